The number of benzene rings is 2. The Morgan fingerprint density at radius 1 is 1.00 bits per heavy atom. The molecule has 0 saturated heterocycles. The Bertz CT molecular complexity index is 813. The van der Waals surface area contributed by atoms with Gasteiger partial charge in [0.25, 0.3) is 0 Å². The van der Waals surface area contributed by atoms with E-state index < -0.39 is 0 Å². The molecule has 0 aromatic heterocycles. The molecule has 2 heteroatoms. The van der Waals surface area contributed by atoms with Gasteiger partial charge in [0.15, 0.2) is 0 Å². The summed E-state index contributed by atoms with van der Waals surface area (Å²) in [5.74, 6) is -0.194. The molecule has 2 rings (SSSR count). The van der Waals surface area contributed by atoms with Crippen molar-refractivity contribution in [2.45, 2.75) is 46.0 Å². The smallest absolute Gasteiger partial charge is 0.123 e. The van der Waals surface area contributed by atoms with Crippen molar-refractivity contribution >= 4 is 0 Å². The van der Waals surface area contributed by atoms with Gasteiger partial charge in [-0.2, -0.15) is 0 Å². The molecule has 0 radical (unpaired) electrons. The molecule has 2 N–H and O–H groups in total. The summed E-state index contributed by atoms with van der Waals surface area (Å²) in [6.45, 7) is 10.4. The SMILES string of the molecule is C=C(N)/C(CC)=C(CCC)\C(=C/C)C(c1ccccc1)c1ccc(F)cc1. The average molecular weight is 364 g/mol. The normalized spacial score (nSPS) is 13.9. The third kappa shape index (κ3) is 4.97. The van der Waals surface area contributed by atoms with E-state index in [2.05, 4.69) is 45.6 Å². The fourth-order valence-electron chi connectivity index (χ4n) is 3.72. The first kappa shape index (κ1) is 20.7. The van der Waals surface area contributed by atoms with Crippen LogP contribution in [0.4, 0.5) is 4.39 Å². The molecule has 0 fully saturated rings. The van der Waals surface area contributed by atoms with Crippen LogP contribution < -0.4 is 5.73 Å². The Morgan fingerprint density at radius 2 is 1.59 bits per heavy atom. The molecular weight excluding hydrogens is 333 g/mol. The Balaban J connectivity index is 2.71. The van der Waals surface area contributed by atoms with Crippen molar-refractivity contribution in [2.24, 2.45) is 5.73 Å². The Labute approximate surface area is 163 Å². The lowest BCUT2D eigenvalue weighted by molar-refractivity contribution is 0.626. The van der Waals surface area contributed by atoms with Crippen LogP contribution in [0.15, 0.2) is 89.7 Å². The zero-order chi connectivity index (χ0) is 19.8. The van der Waals surface area contributed by atoms with Gasteiger partial charge in [-0.15, -0.1) is 0 Å². The average Bonchev–Trinajstić information content (AvgIpc) is 2.67. The molecule has 2 aromatic carbocycles. The van der Waals surface area contributed by atoms with Crippen LogP contribution in [-0.2, 0) is 0 Å². The van der Waals surface area contributed by atoms with Gasteiger partial charge in [-0.3, -0.25) is 0 Å². The molecule has 1 atom stereocenters. The van der Waals surface area contributed by atoms with Crippen molar-refractivity contribution < 1.29 is 4.39 Å². The second kappa shape index (κ2) is 9.91. The van der Waals surface area contributed by atoms with Gasteiger partial charge in [-0.25, -0.2) is 4.39 Å². The maximum Gasteiger partial charge on any atom is 0.123 e. The number of halogens is 1. The van der Waals surface area contributed by atoms with E-state index in [9.17, 15) is 4.39 Å². The first-order chi connectivity index (χ1) is 13.0. The highest BCUT2D eigenvalue weighted by atomic mass is 19.1. The van der Waals surface area contributed by atoms with E-state index in [1.54, 1.807) is 0 Å². The number of allylic oxidation sites excluding steroid dienone is 4. The molecule has 0 bridgehead atoms. The molecule has 2 aromatic rings. The minimum absolute atomic E-state index is 0.0271. The lowest BCUT2D eigenvalue weighted by atomic mass is 9.78. The molecule has 0 heterocycles. The molecule has 1 nitrogen and oxygen atoms in total. The lowest BCUT2D eigenvalue weighted by Gasteiger charge is -2.26. The van der Waals surface area contributed by atoms with Gasteiger partial charge in [0.1, 0.15) is 5.82 Å². The largest absolute Gasteiger partial charge is 0.399 e. The highest BCUT2D eigenvalue weighted by Gasteiger charge is 2.23. The quantitative estimate of drug-likeness (QED) is 0.508. The summed E-state index contributed by atoms with van der Waals surface area (Å²) in [6.07, 6.45) is 4.97. The number of rotatable bonds is 8. The molecular formula is C25H30FN. The summed E-state index contributed by atoms with van der Waals surface area (Å²) in [5, 5.41) is 0. The highest BCUT2D eigenvalue weighted by molar-refractivity contribution is 5.52. The van der Waals surface area contributed by atoms with Crippen LogP contribution >= 0.6 is 0 Å². The van der Waals surface area contributed by atoms with Crippen molar-refractivity contribution in [3.63, 3.8) is 0 Å². The highest BCUT2D eigenvalue weighted by Crippen LogP contribution is 2.39. The van der Waals surface area contributed by atoms with Crippen LogP contribution in [0.25, 0.3) is 0 Å². The lowest BCUT2D eigenvalue weighted by Crippen LogP contribution is -2.11. The molecule has 27 heavy (non-hydrogen) atoms. The maximum atomic E-state index is 13.6. The van der Waals surface area contributed by atoms with Crippen molar-refractivity contribution in [2.75, 3.05) is 0 Å². The predicted octanol–water partition coefficient (Wildman–Crippen LogP) is 6.88. The summed E-state index contributed by atoms with van der Waals surface area (Å²) in [6, 6.07) is 17.2. The van der Waals surface area contributed by atoms with Gasteiger partial charge in [0.2, 0.25) is 0 Å². The zero-order valence-corrected chi connectivity index (χ0v) is 16.6. The fourth-order valence-corrected chi connectivity index (χ4v) is 3.72. The summed E-state index contributed by atoms with van der Waals surface area (Å²) >= 11 is 0. The van der Waals surface area contributed by atoms with Crippen molar-refractivity contribution in [1.29, 1.82) is 0 Å². The number of hydrogen-bond acceptors (Lipinski definition) is 1. The third-order valence-corrected chi connectivity index (χ3v) is 4.91. The summed E-state index contributed by atoms with van der Waals surface area (Å²) in [5.41, 5.74) is 12.6. The third-order valence-electron chi connectivity index (χ3n) is 4.91. The van der Waals surface area contributed by atoms with E-state index in [1.165, 1.54) is 28.8 Å². The standard InChI is InChI=1S/C25H30FN/c1-5-11-24(22(6-2)18(4)27)23(7-3)25(19-12-9-8-10-13-19)20-14-16-21(26)17-15-20/h7-10,12-17,25H,4-6,11,27H2,1-3H3/b23-7+,24-22-. The van der Waals surface area contributed by atoms with Gasteiger partial charge in [-0.1, -0.05) is 75.4 Å². The van der Waals surface area contributed by atoms with E-state index in [0.29, 0.717) is 5.70 Å². The van der Waals surface area contributed by atoms with E-state index in [0.717, 1.165) is 30.4 Å². The minimum atomic E-state index is -0.221. The second-order valence-electron chi connectivity index (χ2n) is 6.73. The van der Waals surface area contributed by atoms with E-state index in [1.807, 2.05) is 30.3 Å². The van der Waals surface area contributed by atoms with E-state index in [-0.39, 0.29) is 11.7 Å². The summed E-state index contributed by atoms with van der Waals surface area (Å²) in [4.78, 5) is 0. The van der Waals surface area contributed by atoms with Crippen LogP contribution in [0.5, 0.6) is 0 Å². The Kier molecular flexibility index (Phi) is 7.60. The van der Waals surface area contributed by atoms with Crippen molar-refractivity contribution in [3.05, 3.63) is 107 Å². The van der Waals surface area contributed by atoms with Crippen LogP contribution in [-0.4, -0.2) is 0 Å². The molecule has 142 valence electrons. The molecule has 1 unspecified atom stereocenters. The van der Waals surface area contributed by atoms with Crippen LogP contribution in [0.3, 0.4) is 0 Å². The van der Waals surface area contributed by atoms with Gasteiger partial charge in [-0.05, 0) is 59.7 Å². The van der Waals surface area contributed by atoms with Crippen LogP contribution in [0.1, 0.15) is 57.1 Å². The second-order valence-corrected chi connectivity index (χ2v) is 6.73. The number of hydrogen-bond donors (Lipinski definition) is 1. The predicted molar refractivity (Wildman–Crippen MR) is 114 cm³/mol. The van der Waals surface area contributed by atoms with Crippen molar-refractivity contribution in [3.8, 4) is 0 Å². The van der Waals surface area contributed by atoms with Crippen molar-refractivity contribution in [1.82, 2.24) is 0 Å². The molecule has 0 amide bonds. The fraction of sp³-hybridized carbons (Fsp3) is 0.280. The molecule has 0 aliphatic carbocycles. The van der Waals surface area contributed by atoms with Crippen LogP contribution in [0, 0.1) is 5.82 Å². The van der Waals surface area contributed by atoms with Gasteiger partial charge in [0.05, 0.1) is 0 Å². The van der Waals surface area contributed by atoms with E-state index in [4.69, 9.17) is 5.73 Å². The van der Waals surface area contributed by atoms with Gasteiger partial charge >= 0.3 is 0 Å². The Hall–Kier alpha value is -2.61. The topological polar surface area (TPSA) is 26.0 Å². The molecule has 0 spiro atoms. The van der Waals surface area contributed by atoms with Crippen LogP contribution in [0.2, 0.25) is 0 Å². The maximum absolute atomic E-state index is 13.6. The summed E-state index contributed by atoms with van der Waals surface area (Å²) < 4.78 is 13.6. The summed E-state index contributed by atoms with van der Waals surface area (Å²) in [7, 11) is 0. The number of nitrogens with two attached hydrogens (primary N) is 1. The Morgan fingerprint density at radius 3 is 2.07 bits per heavy atom. The minimum Gasteiger partial charge on any atom is -0.399 e. The van der Waals surface area contributed by atoms with Gasteiger partial charge in [0, 0.05) is 11.6 Å². The molecule has 0 aliphatic rings. The van der Waals surface area contributed by atoms with E-state index >= 15 is 0 Å². The first-order valence-corrected chi connectivity index (χ1v) is 9.67. The molecule has 0 aliphatic heterocycles. The zero-order valence-electron chi connectivity index (χ0n) is 16.6. The van der Waals surface area contributed by atoms with Gasteiger partial charge < -0.3 is 5.73 Å². The monoisotopic (exact) mass is 363 g/mol. The molecule has 0 saturated carbocycles. The first-order valence-electron chi connectivity index (χ1n) is 9.67.